The molecule has 3 rings (SSSR count). The Morgan fingerprint density at radius 2 is 2.20 bits per heavy atom. The molecule has 1 aliphatic rings. The molecule has 2 aromatic rings. The summed E-state index contributed by atoms with van der Waals surface area (Å²) in [6.07, 6.45) is 7.32. The van der Waals surface area contributed by atoms with Gasteiger partial charge in [0, 0.05) is 24.2 Å². The van der Waals surface area contributed by atoms with E-state index >= 15 is 0 Å². The highest BCUT2D eigenvalue weighted by Crippen LogP contribution is 2.39. The van der Waals surface area contributed by atoms with E-state index in [1.165, 1.54) is 12.8 Å². The minimum atomic E-state index is 0.533. The monoisotopic (exact) mass is 383 g/mol. The molecule has 0 bridgehead atoms. The van der Waals surface area contributed by atoms with Crippen molar-refractivity contribution in [1.82, 2.24) is 19.7 Å². The highest BCUT2D eigenvalue weighted by atomic mass is 127. The quantitative estimate of drug-likeness (QED) is 0.806. The van der Waals surface area contributed by atoms with Crippen LogP contribution in [0.2, 0.25) is 0 Å². The second-order valence-corrected chi connectivity index (χ2v) is 6.43. The number of rotatable bonds is 5. The van der Waals surface area contributed by atoms with Gasteiger partial charge in [0.15, 0.2) is 5.82 Å². The summed E-state index contributed by atoms with van der Waals surface area (Å²) in [4.78, 5) is 9.43. The molecular formula is C14H18IN5. The van der Waals surface area contributed by atoms with Crippen molar-refractivity contribution in [2.45, 2.75) is 39.0 Å². The first-order valence-electron chi connectivity index (χ1n) is 7.02. The third kappa shape index (κ3) is 2.79. The lowest BCUT2D eigenvalue weighted by molar-refractivity contribution is 0.798. The van der Waals surface area contributed by atoms with Gasteiger partial charge in [-0.25, -0.2) is 14.6 Å². The Balaban J connectivity index is 2.04. The molecule has 0 radical (unpaired) electrons. The first-order valence-corrected chi connectivity index (χ1v) is 8.10. The molecule has 0 saturated heterocycles. The van der Waals surface area contributed by atoms with Crippen LogP contribution in [0.1, 0.15) is 43.5 Å². The van der Waals surface area contributed by atoms with Crippen molar-refractivity contribution in [2.24, 2.45) is 0 Å². The van der Waals surface area contributed by atoms with Gasteiger partial charge in [0.2, 0.25) is 0 Å². The fourth-order valence-corrected chi connectivity index (χ4v) is 2.49. The van der Waals surface area contributed by atoms with E-state index in [1.54, 1.807) is 0 Å². The predicted molar refractivity (Wildman–Crippen MR) is 87.4 cm³/mol. The van der Waals surface area contributed by atoms with Gasteiger partial charge in [-0.1, -0.05) is 6.92 Å². The minimum Gasteiger partial charge on any atom is -0.370 e. The van der Waals surface area contributed by atoms with Crippen LogP contribution < -0.4 is 5.32 Å². The van der Waals surface area contributed by atoms with Crippen molar-refractivity contribution in [1.29, 1.82) is 0 Å². The topological polar surface area (TPSA) is 55.6 Å². The van der Waals surface area contributed by atoms with E-state index in [4.69, 9.17) is 9.97 Å². The third-order valence-corrected chi connectivity index (χ3v) is 3.95. The molecule has 20 heavy (non-hydrogen) atoms. The van der Waals surface area contributed by atoms with Crippen LogP contribution in [0, 0.1) is 10.5 Å². The largest absolute Gasteiger partial charge is 0.370 e. The second-order valence-electron chi connectivity index (χ2n) is 5.18. The maximum Gasteiger partial charge on any atom is 0.162 e. The maximum absolute atomic E-state index is 4.73. The lowest BCUT2D eigenvalue weighted by Crippen LogP contribution is -2.12. The predicted octanol–water partition coefficient (Wildman–Crippen LogP) is 3.27. The Morgan fingerprint density at radius 1 is 1.40 bits per heavy atom. The van der Waals surface area contributed by atoms with Gasteiger partial charge >= 0.3 is 0 Å². The summed E-state index contributed by atoms with van der Waals surface area (Å²) in [6, 6.07) is 0. The van der Waals surface area contributed by atoms with Crippen molar-refractivity contribution in [3.05, 3.63) is 27.4 Å². The highest BCUT2D eigenvalue weighted by molar-refractivity contribution is 14.1. The van der Waals surface area contributed by atoms with Crippen LogP contribution in [0.3, 0.4) is 0 Å². The molecule has 1 N–H and O–H groups in total. The number of halogens is 1. The molecular weight excluding hydrogens is 365 g/mol. The van der Waals surface area contributed by atoms with E-state index in [2.05, 4.69) is 46.9 Å². The summed E-state index contributed by atoms with van der Waals surface area (Å²) >= 11 is 2.26. The molecule has 106 valence electrons. The molecule has 1 saturated carbocycles. The van der Waals surface area contributed by atoms with Gasteiger partial charge in [-0.3, -0.25) is 0 Å². The second kappa shape index (κ2) is 5.67. The van der Waals surface area contributed by atoms with E-state index in [-0.39, 0.29) is 0 Å². The molecule has 0 amide bonds. The van der Waals surface area contributed by atoms with Gasteiger partial charge in [0.25, 0.3) is 0 Å². The smallest absolute Gasteiger partial charge is 0.162 e. The van der Waals surface area contributed by atoms with E-state index in [0.717, 1.165) is 39.6 Å². The zero-order valence-corrected chi connectivity index (χ0v) is 13.9. The summed E-state index contributed by atoms with van der Waals surface area (Å²) < 4.78 is 2.96. The molecule has 2 aromatic heterocycles. The Hall–Kier alpha value is -1.18. The summed E-state index contributed by atoms with van der Waals surface area (Å²) in [5.41, 5.74) is 1.06. The average molecular weight is 383 g/mol. The number of anilines is 1. The van der Waals surface area contributed by atoms with Gasteiger partial charge in [0.1, 0.15) is 11.6 Å². The molecule has 0 atom stereocenters. The van der Waals surface area contributed by atoms with Crippen molar-refractivity contribution in [3.8, 4) is 5.82 Å². The zero-order chi connectivity index (χ0) is 14.1. The van der Waals surface area contributed by atoms with Crippen molar-refractivity contribution in [3.63, 3.8) is 0 Å². The first-order chi connectivity index (χ1) is 9.69. The summed E-state index contributed by atoms with van der Waals surface area (Å²) in [5.74, 6) is 3.33. The fourth-order valence-electron chi connectivity index (χ4n) is 2.10. The average Bonchev–Trinajstić information content (AvgIpc) is 3.20. The van der Waals surface area contributed by atoms with Crippen LogP contribution in [0.5, 0.6) is 0 Å². The van der Waals surface area contributed by atoms with E-state index in [9.17, 15) is 0 Å². The number of hydrogen-bond acceptors (Lipinski definition) is 4. The fraction of sp³-hybridized carbons (Fsp3) is 0.500. The lowest BCUT2D eigenvalue weighted by atomic mass is 10.2. The normalized spacial score (nSPS) is 14.6. The van der Waals surface area contributed by atoms with Crippen molar-refractivity contribution >= 4 is 28.4 Å². The van der Waals surface area contributed by atoms with Crippen LogP contribution in [0.25, 0.3) is 5.82 Å². The van der Waals surface area contributed by atoms with Crippen molar-refractivity contribution < 1.29 is 0 Å². The molecule has 5 nitrogen and oxygen atoms in total. The third-order valence-electron chi connectivity index (χ3n) is 3.39. The molecule has 0 aliphatic heterocycles. The Bertz CT molecular complexity index is 618. The van der Waals surface area contributed by atoms with Gasteiger partial charge in [-0.2, -0.15) is 5.10 Å². The minimum absolute atomic E-state index is 0.533. The number of nitrogens with one attached hydrogen (secondary N) is 1. The number of hydrogen-bond donors (Lipinski definition) is 1. The first kappa shape index (κ1) is 13.8. The highest BCUT2D eigenvalue weighted by Gasteiger charge is 2.28. The van der Waals surface area contributed by atoms with Gasteiger partial charge in [-0.15, -0.1) is 0 Å². The van der Waals surface area contributed by atoms with Gasteiger partial charge in [0.05, 0.1) is 9.77 Å². The van der Waals surface area contributed by atoms with Crippen LogP contribution in [0.4, 0.5) is 5.82 Å². The molecule has 2 heterocycles. The summed E-state index contributed by atoms with van der Waals surface area (Å²) in [7, 11) is 0. The standard InChI is InChI=1S/C14H18IN5/c1-3-6-16-12-9(2)14(20-8-11(15)7-17-20)19-13(18-12)10-4-5-10/h7-8,10H,3-6H2,1-2H3,(H,16,18,19). The van der Waals surface area contributed by atoms with Gasteiger partial charge in [-0.05, 0) is 48.8 Å². The van der Waals surface area contributed by atoms with Crippen LogP contribution in [-0.4, -0.2) is 26.3 Å². The number of nitrogens with zero attached hydrogens (tertiary/aromatic N) is 4. The number of aromatic nitrogens is 4. The summed E-state index contributed by atoms with van der Waals surface area (Å²) in [6.45, 7) is 5.14. The molecule has 6 heteroatoms. The van der Waals surface area contributed by atoms with Crippen LogP contribution >= 0.6 is 22.6 Å². The Labute approximate surface area is 132 Å². The maximum atomic E-state index is 4.73. The van der Waals surface area contributed by atoms with Crippen molar-refractivity contribution in [2.75, 3.05) is 11.9 Å². The molecule has 1 aliphatic carbocycles. The lowest BCUT2D eigenvalue weighted by Gasteiger charge is -2.13. The molecule has 0 spiro atoms. The van der Waals surface area contributed by atoms with E-state index in [1.807, 2.05) is 17.1 Å². The molecule has 0 unspecified atom stereocenters. The van der Waals surface area contributed by atoms with Crippen LogP contribution in [-0.2, 0) is 0 Å². The molecule has 1 fully saturated rings. The van der Waals surface area contributed by atoms with Gasteiger partial charge < -0.3 is 5.32 Å². The zero-order valence-electron chi connectivity index (χ0n) is 11.7. The Kier molecular flexibility index (Phi) is 3.91. The van der Waals surface area contributed by atoms with Crippen LogP contribution in [0.15, 0.2) is 12.4 Å². The van der Waals surface area contributed by atoms with E-state index in [0.29, 0.717) is 5.92 Å². The SMILES string of the molecule is CCCNc1nc(C2CC2)nc(-n2cc(I)cn2)c1C. The molecule has 0 aromatic carbocycles. The Morgan fingerprint density at radius 3 is 2.80 bits per heavy atom. The summed E-state index contributed by atoms with van der Waals surface area (Å²) in [5, 5.41) is 7.79. The van der Waals surface area contributed by atoms with E-state index < -0.39 is 0 Å².